The van der Waals surface area contributed by atoms with E-state index in [1.807, 2.05) is 0 Å². The fraction of sp³-hybridized carbons (Fsp3) is 0.421. The minimum atomic E-state index is -5.09. The number of hydrogen-bond donors (Lipinski definition) is 2. The molecular formula is C19H17F7N4O3. The van der Waals surface area contributed by atoms with Crippen LogP contribution in [-0.4, -0.2) is 35.8 Å². The van der Waals surface area contributed by atoms with Gasteiger partial charge in [-0.25, -0.2) is 19.2 Å². The zero-order valence-corrected chi connectivity index (χ0v) is 16.7. The highest BCUT2D eigenvalue weighted by Crippen LogP contribution is 2.36. The van der Waals surface area contributed by atoms with Crippen molar-refractivity contribution in [3.8, 4) is 5.75 Å². The number of rotatable bonds is 5. The van der Waals surface area contributed by atoms with E-state index in [0.29, 0.717) is 44.4 Å². The molecule has 0 spiro atoms. The van der Waals surface area contributed by atoms with Gasteiger partial charge in [-0.1, -0.05) is 0 Å². The predicted octanol–water partition coefficient (Wildman–Crippen LogP) is 4.91. The Labute approximate surface area is 182 Å². The molecule has 2 N–H and O–H groups in total. The van der Waals surface area contributed by atoms with Crippen molar-refractivity contribution in [3.63, 3.8) is 0 Å². The molecule has 1 aromatic carbocycles. The Morgan fingerprint density at radius 3 is 2.42 bits per heavy atom. The molecule has 1 amide bonds. The molecule has 1 saturated heterocycles. The first-order chi connectivity index (χ1) is 15.4. The highest BCUT2D eigenvalue weighted by atomic mass is 19.4. The first kappa shape index (κ1) is 24.5. The van der Waals surface area contributed by atoms with Crippen LogP contribution in [0.15, 0.2) is 24.4 Å². The maximum atomic E-state index is 13.5. The minimum Gasteiger partial charge on any atom is -0.406 e. The number of alkyl halides is 6. The van der Waals surface area contributed by atoms with Crippen LogP contribution in [-0.2, 0) is 17.1 Å². The van der Waals surface area contributed by atoms with Gasteiger partial charge in [0.05, 0.1) is 11.8 Å². The summed E-state index contributed by atoms with van der Waals surface area (Å²) in [6, 6.07) is 1.33. The summed E-state index contributed by atoms with van der Waals surface area (Å²) in [5, 5.41) is 4.45. The Kier molecular flexibility index (Phi) is 7.25. The van der Waals surface area contributed by atoms with Crippen molar-refractivity contribution in [1.82, 2.24) is 15.3 Å². The van der Waals surface area contributed by atoms with Gasteiger partial charge in [0.15, 0.2) is 11.4 Å². The molecular weight excluding hydrogens is 465 g/mol. The average molecular weight is 482 g/mol. The molecule has 1 fully saturated rings. The van der Waals surface area contributed by atoms with Crippen molar-refractivity contribution in [2.24, 2.45) is 5.92 Å². The first-order valence-corrected chi connectivity index (χ1v) is 9.54. The highest BCUT2D eigenvalue weighted by Gasteiger charge is 2.38. The Balaban J connectivity index is 1.75. The number of carbonyl (C=O) groups excluding carboxylic acids is 1. The normalized spacial score (nSPS) is 15.2. The van der Waals surface area contributed by atoms with Crippen molar-refractivity contribution in [2.45, 2.75) is 25.2 Å². The zero-order chi connectivity index (χ0) is 24.2. The SMILES string of the molecule is O=C(NCC1CCOCC1)Oc1cnc(Nc2cc(F)cc(C(F)(F)F)c2)nc1C(F)(F)F. The highest BCUT2D eigenvalue weighted by molar-refractivity contribution is 5.70. The molecule has 33 heavy (non-hydrogen) atoms. The number of hydrogen-bond acceptors (Lipinski definition) is 6. The van der Waals surface area contributed by atoms with Gasteiger partial charge in [0.1, 0.15) is 5.82 Å². The molecule has 0 radical (unpaired) electrons. The van der Waals surface area contributed by atoms with Gasteiger partial charge in [-0.05, 0) is 37.0 Å². The van der Waals surface area contributed by atoms with Crippen LogP contribution in [0.2, 0.25) is 0 Å². The number of amides is 1. The number of ether oxygens (including phenoxy) is 2. The molecule has 14 heteroatoms. The lowest BCUT2D eigenvalue weighted by Crippen LogP contribution is -2.34. The van der Waals surface area contributed by atoms with Gasteiger partial charge in [0, 0.05) is 25.4 Å². The van der Waals surface area contributed by atoms with Gasteiger partial charge in [-0.2, -0.15) is 26.3 Å². The van der Waals surface area contributed by atoms with Crippen LogP contribution in [0.4, 0.5) is 47.2 Å². The lowest BCUT2D eigenvalue weighted by molar-refractivity contribution is -0.142. The molecule has 1 aliphatic rings. The monoisotopic (exact) mass is 482 g/mol. The van der Waals surface area contributed by atoms with Crippen molar-refractivity contribution < 1.29 is 45.0 Å². The number of nitrogens with zero attached hydrogens (tertiary/aromatic N) is 2. The van der Waals surface area contributed by atoms with Crippen LogP contribution >= 0.6 is 0 Å². The number of halogens is 7. The molecule has 1 aliphatic heterocycles. The molecule has 0 unspecified atom stereocenters. The molecule has 0 saturated carbocycles. The molecule has 7 nitrogen and oxygen atoms in total. The zero-order valence-electron chi connectivity index (χ0n) is 16.7. The standard InChI is InChI=1S/C19H17F7N4O3/c20-12-5-11(18(21,22)23)6-13(7-12)29-16-27-9-14(15(30-16)19(24,25)26)33-17(31)28-8-10-1-3-32-4-2-10/h5-7,9-10H,1-4,8H2,(H,28,31)(H,27,29,30). The summed E-state index contributed by atoms with van der Waals surface area (Å²) in [5.41, 5.74) is -3.53. The maximum absolute atomic E-state index is 13.5. The van der Waals surface area contributed by atoms with Crippen LogP contribution in [0.1, 0.15) is 24.1 Å². The molecule has 2 heterocycles. The van der Waals surface area contributed by atoms with Gasteiger partial charge in [0.2, 0.25) is 5.95 Å². The first-order valence-electron chi connectivity index (χ1n) is 9.54. The second kappa shape index (κ2) is 9.77. The maximum Gasteiger partial charge on any atom is 0.437 e. The molecule has 0 aliphatic carbocycles. The third kappa shape index (κ3) is 6.91. The molecule has 2 aromatic rings. The second-order valence-electron chi connectivity index (χ2n) is 7.08. The topological polar surface area (TPSA) is 85.4 Å². The summed E-state index contributed by atoms with van der Waals surface area (Å²) in [4.78, 5) is 18.6. The Bertz CT molecular complexity index is 992. The quantitative estimate of drug-likeness (QED) is 0.589. The van der Waals surface area contributed by atoms with E-state index in [1.165, 1.54) is 0 Å². The third-order valence-corrected chi connectivity index (χ3v) is 4.58. The van der Waals surface area contributed by atoms with Crippen LogP contribution in [0.3, 0.4) is 0 Å². The van der Waals surface area contributed by atoms with Crippen molar-refractivity contribution >= 4 is 17.7 Å². The number of benzene rings is 1. The summed E-state index contributed by atoms with van der Waals surface area (Å²) in [6.45, 7) is 1.19. The summed E-state index contributed by atoms with van der Waals surface area (Å²) in [7, 11) is 0. The fourth-order valence-electron chi connectivity index (χ4n) is 2.98. The Morgan fingerprint density at radius 1 is 1.09 bits per heavy atom. The van der Waals surface area contributed by atoms with Crippen LogP contribution in [0.25, 0.3) is 0 Å². The Hall–Kier alpha value is -3.16. The van der Waals surface area contributed by atoms with Gasteiger partial charge in [-0.15, -0.1) is 0 Å². The summed E-state index contributed by atoms with van der Waals surface area (Å²) in [5.74, 6) is -2.97. The summed E-state index contributed by atoms with van der Waals surface area (Å²) in [6.07, 6.45) is -9.24. The van der Waals surface area contributed by atoms with Gasteiger partial charge in [-0.3, -0.25) is 0 Å². The minimum absolute atomic E-state index is 0.0871. The van der Waals surface area contributed by atoms with Gasteiger partial charge in [0.25, 0.3) is 0 Å². The fourth-order valence-corrected chi connectivity index (χ4v) is 2.98. The van der Waals surface area contributed by atoms with E-state index < -0.39 is 52.9 Å². The van der Waals surface area contributed by atoms with Crippen molar-refractivity contribution in [3.05, 3.63) is 41.5 Å². The van der Waals surface area contributed by atoms with E-state index in [0.717, 1.165) is 0 Å². The molecule has 1 aromatic heterocycles. The van der Waals surface area contributed by atoms with Crippen LogP contribution in [0.5, 0.6) is 5.75 Å². The third-order valence-electron chi connectivity index (χ3n) is 4.58. The second-order valence-corrected chi connectivity index (χ2v) is 7.08. The van der Waals surface area contributed by atoms with E-state index in [2.05, 4.69) is 25.3 Å². The number of nitrogens with one attached hydrogen (secondary N) is 2. The largest absolute Gasteiger partial charge is 0.437 e. The van der Waals surface area contributed by atoms with Crippen LogP contribution in [0, 0.1) is 11.7 Å². The number of aromatic nitrogens is 2. The van der Waals surface area contributed by atoms with E-state index >= 15 is 0 Å². The molecule has 180 valence electrons. The number of anilines is 2. The van der Waals surface area contributed by atoms with Crippen molar-refractivity contribution in [2.75, 3.05) is 25.1 Å². The van der Waals surface area contributed by atoms with Crippen LogP contribution < -0.4 is 15.4 Å². The van der Waals surface area contributed by atoms with E-state index in [-0.39, 0.29) is 18.5 Å². The van der Waals surface area contributed by atoms with Gasteiger partial charge < -0.3 is 20.1 Å². The Morgan fingerprint density at radius 2 is 1.79 bits per heavy atom. The molecule has 0 bridgehead atoms. The summed E-state index contributed by atoms with van der Waals surface area (Å²) >= 11 is 0. The lowest BCUT2D eigenvalue weighted by atomic mass is 10.0. The summed E-state index contributed by atoms with van der Waals surface area (Å²) < 4.78 is 102. The predicted molar refractivity (Wildman–Crippen MR) is 99.3 cm³/mol. The van der Waals surface area contributed by atoms with Crippen molar-refractivity contribution in [1.29, 1.82) is 0 Å². The van der Waals surface area contributed by atoms with E-state index in [9.17, 15) is 35.5 Å². The molecule has 0 atom stereocenters. The average Bonchev–Trinajstić information content (AvgIpc) is 2.72. The van der Waals surface area contributed by atoms with E-state index in [1.54, 1.807) is 0 Å². The van der Waals surface area contributed by atoms with Gasteiger partial charge >= 0.3 is 18.4 Å². The lowest BCUT2D eigenvalue weighted by Gasteiger charge is -2.22. The number of carbonyl (C=O) groups is 1. The van der Waals surface area contributed by atoms with E-state index in [4.69, 9.17) is 4.74 Å². The molecule has 3 rings (SSSR count). The smallest absolute Gasteiger partial charge is 0.406 e.